The van der Waals surface area contributed by atoms with Crippen LogP contribution in [0, 0.1) is 0 Å². The van der Waals surface area contributed by atoms with E-state index in [2.05, 4.69) is 12.0 Å². The van der Waals surface area contributed by atoms with Gasteiger partial charge in [0, 0.05) is 13.5 Å². The van der Waals surface area contributed by atoms with E-state index in [4.69, 9.17) is 11.6 Å². The zero-order valence-electron chi connectivity index (χ0n) is 11.3. The average Bonchev–Trinajstić information content (AvgIpc) is 2.57. The van der Waals surface area contributed by atoms with E-state index in [0.717, 1.165) is 42.1 Å². The lowest BCUT2D eigenvalue weighted by atomic mass is 9.89. The number of hydrogen-bond acceptors (Lipinski definition) is 2. The Morgan fingerprint density at radius 3 is 2.41 bits per heavy atom. The van der Waals surface area contributed by atoms with E-state index in [9.17, 15) is 5.11 Å². The number of aromatic nitrogens is 2. The van der Waals surface area contributed by atoms with Crippen LogP contribution >= 0.6 is 11.6 Å². The van der Waals surface area contributed by atoms with Crippen LogP contribution in [0.1, 0.15) is 51.4 Å². The van der Waals surface area contributed by atoms with E-state index < -0.39 is 5.60 Å². The third kappa shape index (κ3) is 3.23. The first-order valence-corrected chi connectivity index (χ1v) is 6.77. The van der Waals surface area contributed by atoms with Crippen molar-refractivity contribution in [2.45, 2.75) is 58.5 Å². The molecule has 1 aromatic rings. The summed E-state index contributed by atoms with van der Waals surface area (Å²) in [6, 6.07) is 0. The van der Waals surface area contributed by atoms with Crippen molar-refractivity contribution in [2.75, 3.05) is 0 Å². The summed E-state index contributed by atoms with van der Waals surface area (Å²) in [4.78, 5) is 0. The van der Waals surface area contributed by atoms with Crippen LogP contribution in [0.15, 0.2) is 0 Å². The van der Waals surface area contributed by atoms with Crippen molar-refractivity contribution in [3.8, 4) is 0 Å². The molecule has 0 aliphatic rings. The third-order valence-corrected chi connectivity index (χ3v) is 3.81. The highest BCUT2D eigenvalue weighted by atomic mass is 35.5. The first-order chi connectivity index (χ1) is 7.97. The van der Waals surface area contributed by atoms with Crippen molar-refractivity contribution >= 4 is 11.6 Å². The number of hydrogen-bond donors (Lipinski definition) is 1. The molecule has 1 rings (SSSR count). The van der Waals surface area contributed by atoms with Gasteiger partial charge in [-0.2, -0.15) is 5.10 Å². The highest BCUT2D eigenvalue weighted by Gasteiger charge is 2.27. The van der Waals surface area contributed by atoms with Crippen LogP contribution < -0.4 is 0 Å². The second kappa shape index (κ2) is 5.87. The van der Waals surface area contributed by atoms with Gasteiger partial charge >= 0.3 is 0 Å². The van der Waals surface area contributed by atoms with Gasteiger partial charge in [0.05, 0.1) is 22.0 Å². The van der Waals surface area contributed by atoms with Crippen LogP contribution in [-0.4, -0.2) is 20.5 Å². The molecule has 1 unspecified atom stereocenters. The van der Waals surface area contributed by atoms with Gasteiger partial charge in [-0.05, 0) is 19.3 Å². The average molecular weight is 259 g/mol. The summed E-state index contributed by atoms with van der Waals surface area (Å²) in [6.07, 6.45) is 3.92. The molecule has 0 spiro atoms. The molecule has 1 atom stereocenters. The Labute approximate surface area is 109 Å². The molecular formula is C13H23ClN2O. The summed E-state index contributed by atoms with van der Waals surface area (Å²) in [5.41, 5.74) is 1.21. The molecule has 0 radical (unpaired) electrons. The van der Waals surface area contributed by atoms with Gasteiger partial charge in [0.25, 0.3) is 0 Å². The second-order valence-corrected chi connectivity index (χ2v) is 5.07. The Kier molecular flexibility index (Phi) is 5.02. The molecule has 98 valence electrons. The van der Waals surface area contributed by atoms with Gasteiger partial charge in [0.15, 0.2) is 0 Å². The molecule has 1 heterocycles. The van der Waals surface area contributed by atoms with E-state index in [0.29, 0.717) is 6.42 Å². The Morgan fingerprint density at radius 1 is 1.35 bits per heavy atom. The van der Waals surface area contributed by atoms with E-state index in [1.165, 1.54) is 0 Å². The third-order valence-electron chi connectivity index (χ3n) is 3.37. The molecule has 0 fully saturated rings. The normalized spacial score (nSPS) is 14.9. The summed E-state index contributed by atoms with van der Waals surface area (Å²) in [5, 5.41) is 15.6. The smallest absolute Gasteiger partial charge is 0.0850 e. The number of halogens is 1. The van der Waals surface area contributed by atoms with Crippen molar-refractivity contribution in [1.29, 1.82) is 0 Å². The van der Waals surface area contributed by atoms with Crippen molar-refractivity contribution in [2.24, 2.45) is 7.05 Å². The Bertz CT molecular complexity index is 376. The van der Waals surface area contributed by atoms with Crippen LogP contribution in [0.5, 0.6) is 0 Å². The van der Waals surface area contributed by atoms with Gasteiger partial charge in [-0.25, -0.2) is 0 Å². The summed E-state index contributed by atoms with van der Waals surface area (Å²) >= 11 is 6.30. The standard InChI is InChI=1S/C13H23ClN2O/c1-5-8-13(17,7-3)9-11-12(14)10(6-2)15-16(11)4/h17H,5-9H2,1-4H3. The maximum atomic E-state index is 10.5. The highest BCUT2D eigenvalue weighted by molar-refractivity contribution is 6.31. The molecule has 0 saturated carbocycles. The minimum absolute atomic E-state index is 0.583. The Morgan fingerprint density at radius 2 is 2.00 bits per heavy atom. The van der Waals surface area contributed by atoms with Gasteiger partial charge in [-0.1, -0.05) is 38.8 Å². The molecule has 0 saturated heterocycles. The van der Waals surface area contributed by atoms with Gasteiger partial charge in [0.2, 0.25) is 0 Å². The number of aryl methyl sites for hydroxylation is 2. The van der Waals surface area contributed by atoms with Gasteiger partial charge < -0.3 is 5.11 Å². The molecule has 1 aromatic heterocycles. The lowest BCUT2D eigenvalue weighted by Gasteiger charge is -2.26. The molecule has 0 amide bonds. The van der Waals surface area contributed by atoms with Gasteiger partial charge in [-0.15, -0.1) is 0 Å². The van der Waals surface area contributed by atoms with Crippen LogP contribution in [0.2, 0.25) is 5.02 Å². The maximum absolute atomic E-state index is 10.5. The van der Waals surface area contributed by atoms with Gasteiger partial charge in [-0.3, -0.25) is 4.68 Å². The van der Waals surface area contributed by atoms with Crippen LogP contribution in [-0.2, 0) is 19.9 Å². The zero-order valence-corrected chi connectivity index (χ0v) is 12.0. The SMILES string of the molecule is CCCC(O)(CC)Cc1c(Cl)c(CC)nn1C. The van der Waals surface area contributed by atoms with Crippen molar-refractivity contribution < 1.29 is 5.11 Å². The lowest BCUT2D eigenvalue weighted by molar-refractivity contribution is 0.0254. The summed E-state index contributed by atoms with van der Waals surface area (Å²) in [6.45, 7) is 6.14. The molecule has 0 aliphatic heterocycles. The van der Waals surface area contributed by atoms with E-state index in [-0.39, 0.29) is 0 Å². The first-order valence-electron chi connectivity index (χ1n) is 6.40. The second-order valence-electron chi connectivity index (χ2n) is 4.69. The van der Waals surface area contributed by atoms with Crippen LogP contribution in [0.3, 0.4) is 0 Å². The van der Waals surface area contributed by atoms with Crippen LogP contribution in [0.4, 0.5) is 0 Å². The molecule has 17 heavy (non-hydrogen) atoms. The highest BCUT2D eigenvalue weighted by Crippen LogP contribution is 2.28. The summed E-state index contributed by atoms with van der Waals surface area (Å²) in [5.74, 6) is 0. The van der Waals surface area contributed by atoms with Crippen LogP contribution in [0.25, 0.3) is 0 Å². The molecule has 0 bridgehead atoms. The Balaban J connectivity index is 2.97. The molecular weight excluding hydrogens is 236 g/mol. The van der Waals surface area contributed by atoms with Gasteiger partial charge in [0.1, 0.15) is 0 Å². The van der Waals surface area contributed by atoms with E-state index >= 15 is 0 Å². The van der Waals surface area contributed by atoms with Crippen molar-refractivity contribution in [1.82, 2.24) is 9.78 Å². The molecule has 4 heteroatoms. The summed E-state index contributed by atoms with van der Waals surface area (Å²) < 4.78 is 1.80. The fraction of sp³-hybridized carbons (Fsp3) is 0.769. The predicted molar refractivity (Wildman–Crippen MR) is 71.4 cm³/mol. The molecule has 3 nitrogen and oxygen atoms in total. The molecule has 1 N–H and O–H groups in total. The number of nitrogens with zero attached hydrogens (tertiary/aromatic N) is 2. The minimum atomic E-state index is -0.656. The van der Waals surface area contributed by atoms with E-state index in [1.807, 2.05) is 20.9 Å². The van der Waals surface area contributed by atoms with E-state index in [1.54, 1.807) is 4.68 Å². The largest absolute Gasteiger partial charge is 0.389 e. The fourth-order valence-corrected chi connectivity index (χ4v) is 2.54. The first kappa shape index (κ1) is 14.5. The number of aliphatic hydroxyl groups is 1. The van der Waals surface area contributed by atoms with Crippen molar-refractivity contribution in [3.63, 3.8) is 0 Å². The topological polar surface area (TPSA) is 38.1 Å². The predicted octanol–water partition coefficient (Wildman–Crippen LogP) is 3.12. The minimum Gasteiger partial charge on any atom is -0.389 e. The summed E-state index contributed by atoms with van der Waals surface area (Å²) in [7, 11) is 1.89. The fourth-order valence-electron chi connectivity index (χ4n) is 2.18. The molecule has 0 aromatic carbocycles. The number of rotatable bonds is 6. The maximum Gasteiger partial charge on any atom is 0.0850 e. The molecule has 0 aliphatic carbocycles. The monoisotopic (exact) mass is 258 g/mol. The van der Waals surface area contributed by atoms with Crippen molar-refractivity contribution in [3.05, 3.63) is 16.4 Å². The quantitative estimate of drug-likeness (QED) is 0.851. The lowest BCUT2D eigenvalue weighted by Crippen LogP contribution is -2.31. The Hall–Kier alpha value is -0.540. The zero-order chi connectivity index (χ0) is 13.1.